The molecule has 36 heavy (non-hydrogen) atoms. The van der Waals surface area contributed by atoms with Crippen LogP contribution in [0.3, 0.4) is 0 Å². The van der Waals surface area contributed by atoms with Gasteiger partial charge in [0.15, 0.2) is 0 Å². The van der Waals surface area contributed by atoms with Gasteiger partial charge in [-0.2, -0.15) is 0 Å². The molecule has 2 aromatic rings. The smallest absolute Gasteiger partial charge is 0.267 e. The van der Waals surface area contributed by atoms with E-state index in [1.807, 2.05) is 10.8 Å². The lowest BCUT2D eigenvalue weighted by Crippen LogP contribution is -2.35. The maximum absolute atomic E-state index is 14.7. The molecule has 4 rings (SSSR count). The van der Waals surface area contributed by atoms with E-state index in [-0.39, 0.29) is 11.5 Å². The van der Waals surface area contributed by atoms with Gasteiger partial charge in [-0.3, -0.25) is 9.69 Å². The number of hydrogen-bond acceptors (Lipinski definition) is 6. The van der Waals surface area contributed by atoms with Crippen molar-refractivity contribution in [3.05, 3.63) is 56.8 Å². The van der Waals surface area contributed by atoms with E-state index in [0.29, 0.717) is 40.6 Å². The Morgan fingerprint density at radius 1 is 1.14 bits per heavy atom. The molecular weight excluding hydrogens is 530 g/mol. The van der Waals surface area contributed by atoms with Crippen LogP contribution in [0.25, 0.3) is 0 Å². The summed E-state index contributed by atoms with van der Waals surface area (Å²) in [7, 11) is -2.21. The largest absolute Gasteiger partial charge is 0.495 e. The molecule has 1 heterocycles. The highest BCUT2D eigenvalue weighted by molar-refractivity contribution is 7.89. The number of nitrogens with zero attached hydrogens (tertiary/aromatic N) is 1. The number of piperidine rings is 1. The summed E-state index contributed by atoms with van der Waals surface area (Å²) in [5.74, 6) is -0.240. The number of nitrogens with one attached hydrogen (secondary N) is 1. The number of amides is 1. The topological polar surface area (TPSA) is 84.9 Å². The van der Waals surface area contributed by atoms with Crippen LogP contribution in [0.15, 0.2) is 24.3 Å². The number of sulfonamides is 1. The summed E-state index contributed by atoms with van der Waals surface area (Å²) in [6.07, 6.45) is 4.52. The zero-order chi connectivity index (χ0) is 26.0. The number of carbonyl (C=O) groups is 1. The predicted molar refractivity (Wildman–Crippen MR) is 137 cm³/mol. The Balaban J connectivity index is 1.37. The van der Waals surface area contributed by atoms with Crippen LogP contribution in [-0.4, -0.2) is 52.3 Å². The maximum atomic E-state index is 14.7. The Bertz CT molecular complexity index is 1250. The summed E-state index contributed by atoms with van der Waals surface area (Å²) in [6, 6.07) is 6.16. The van der Waals surface area contributed by atoms with Crippen molar-refractivity contribution in [1.82, 2.24) is 9.62 Å². The zero-order valence-electron chi connectivity index (χ0n) is 20.2. The third-order valence-electron chi connectivity index (χ3n) is 6.50. The number of ether oxygens (including phenoxy) is 2. The van der Waals surface area contributed by atoms with Crippen LogP contribution in [0.5, 0.6) is 11.5 Å². The number of methoxy groups -OCH3 is 1. The van der Waals surface area contributed by atoms with E-state index in [0.717, 1.165) is 56.2 Å². The molecule has 0 atom stereocenters. The Kier molecular flexibility index (Phi) is 8.34. The molecule has 196 valence electrons. The van der Waals surface area contributed by atoms with E-state index in [1.54, 1.807) is 13.2 Å². The molecule has 1 aliphatic carbocycles. The fourth-order valence-corrected chi connectivity index (χ4v) is 5.59. The third-order valence-corrected chi connectivity index (χ3v) is 7.56. The van der Waals surface area contributed by atoms with E-state index in [2.05, 4.69) is 4.90 Å². The summed E-state index contributed by atoms with van der Waals surface area (Å²) in [5, 5.41) is 1.06. The maximum Gasteiger partial charge on any atom is 0.267 e. The van der Waals surface area contributed by atoms with Gasteiger partial charge in [0.25, 0.3) is 5.91 Å². The minimum atomic E-state index is -3.80. The van der Waals surface area contributed by atoms with Crippen molar-refractivity contribution in [3.63, 3.8) is 0 Å². The number of carbonyl (C=O) groups excluding carboxylic acids is 1. The van der Waals surface area contributed by atoms with Gasteiger partial charge in [-0.1, -0.05) is 23.2 Å². The summed E-state index contributed by atoms with van der Waals surface area (Å²) < 4.78 is 50.8. The lowest BCUT2D eigenvalue weighted by atomic mass is 9.97. The fourth-order valence-electron chi connectivity index (χ4n) is 4.53. The molecule has 0 aromatic heterocycles. The highest BCUT2D eigenvalue weighted by atomic mass is 35.5. The normalized spacial score (nSPS) is 17.1. The molecule has 1 saturated heterocycles. The average Bonchev–Trinajstić information content (AvgIpc) is 3.62. The van der Waals surface area contributed by atoms with E-state index in [1.165, 1.54) is 12.1 Å². The first kappa shape index (κ1) is 27.0. The van der Waals surface area contributed by atoms with Crippen LogP contribution >= 0.6 is 23.2 Å². The summed E-state index contributed by atoms with van der Waals surface area (Å²) >= 11 is 12.4. The molecule has 0 spiro atoms. The quantitative estimate of drug-likeness (QED) is 0.466. The summed E-state index contributed by atoms with van der Waals surface area (Å²) in [4.78, 5) is 14.5. The first-order valence-electron chi connectivity index (χ1n) is 11.8. The van der Waals surface area contributed by atoms with Crippen molar-refractivity contribution >= 4 is 39.1 Å². The third kappa shape index (κ3) is 6.82. The van der Waals surface area contributed by atoms with E-state index >= 15 is 0 Å². The van der Waals surface area contributed by atoms with Crippen LogP contribution in [0.1, 0.15) is 53.1 Å². The molecule has 11 heteroatoms. The molecule has 7 nitrogen and oxygen atoms in total. The van der Waals surface area contributed by atoms with Gasteiger partial charge >= 0.3 is 0 Å². The fraction of sp³-hybridized carbons (Fsp3) is 0.480. The van der Waals surface area contributed by atoms with Gasteiger partial charge in [-0.15, -0.1) is 0 Å². The van der Waals surface area contributed by atoms with Crippen LogP contribution < -0.4 is 14.2 Å². The molecule has 2 aliphatic rings. The van der Waals surface area contributed by atoms with Gasteiger partial charge in [0.1, 0.15) is 17.3 Å². The average molecular weight is 559 g/mol. The van der Waals surface area contributed by atoms with E-state index in [9.17, 15) is 17.6 Å². The van der Waals surface area contributed by atoms with E-state index in [4.69, 9.17) is 32.7 Å². The van der Waals surface area contributed by atoms with Crippen LogP contribution in [-0.2, 0) is 16.6 Å². The summed E-state index contributed by atoms with van der Waals surface area (Å²) in [6.45, 7) is 2.82. The molecule has 2 fully saturated rings. The van der Waals surface area contributed by atoms with Crippen LogP contribution in [0.4, 0.5) is 4.39 Å². The first-order valence-corrected chi connectivity index (χ1v) is 14.4. The second-order valence-electron chi connectivity index (χ2n) is 9.46. The van der Waals surface area contributed by atoms with Crippen LogP contribution in [0.2, 0.25) is 10.0 Å². The van der Waals surface area contributed by atoms with Crippen LogP contribution in [0, 0.1) is 11.7 Å². The SMILES string of the molecule is COc1c(Cl)cc(Cl)cc1CN1CCC(COc2cc(F)c(C(=O)NS(C)(=O)=O)cc2C2CC2)CC1. The molecule has 1 saturated carbocycles. The van der Waals surface area contributed by atoms with Crippen molar-refractivity contribution in [2.75, 3.05) is 33.1 Å². The molecule has 0 unspecified atom stereocenters. The Labute approximate surface area is 220 Å². The van der Waals surface area contributed by atoms with Crippen molar-refractivity contribution in [2.24, 2.45) is 5.92 Å². The minimum absolute atomic E-state index is 0.187. The van der Waals surface area contributed by atoms with Crippen molar-refractivity contribution < 1.29 is 27.1 Å². The molecule has 1 aliphatic heterocycles. The molecular formula is C25H29Cl2FN2O5S. The monoisotopic (exact) mass is 558 g/mol. The number of likely N-dealkylation sites (tertiary alicyclic amines) is 1. The van der Waals surface area contributed by atoms with Gasteiger partial charge in [-0.25, -0.2) is 17.5 Å². The van der Waals surface area contributed by atoms with Crippen molar-refractivity contribution in [3.8, 4) is 11.5 Å². The van der Waals surface area contributed by atoms with Gasteiger partial charge in [0.05, 0.1) is 30.6 Å². The minimum Gasteiger partial charge on any atom is -0.495 e. The van der Waals surface area contributed by atoms with Gasteiger partial charge in [0.2, 0.25) is 10.0 Å². The lowest BCUT2D eigenvalue weighted by Gasteiger charge is -2.32. The summed E-state index contributed by atoms with van der Waals surface area (Å²) in [5.41, 5.74) is 1.39. The van der Waals surface area contributed by atoms with Gasteiger partial charge in [-0.05, 0) is 74.4 Å². The molecule has 0 radical (unpaired) electrons. The second kappa shape index (κ2) is 11.1. The van der Waals surface area contributed by atoms with Crippen molar-refractivity contribution in [2.45, 2.75) is 38.1 Å². The second-order valence-corrected chi connectivity index (χ2v) is 12.1. The predicted octanol–water partition coefficient (Wildman–Crippen LogP) is 5.00. The number of rotatable bonds is 9. The highest BCUT2D eigenvalue weighted by Crippen LogP contribution is 2.45. The number of hydrogen-bond donors (Lipinski definition) is 1. The zero-order valence-corrected chi connectivity index (χ0v) is 22.5. The molecule has 1 N–H and O–H groups in total. The standard InChI is InChI=1S/C25H29Cl2FN2O5S/c1-34-24-17(9-18(26)10-21(24)27)13-30-7-5-15(6-8-30)14-35-23-12-22(28)20(11-19(23)16-3-4-16)25(31)29-36(2,32)33/h9-12,15-16H,3-8,13-14H2,1-2H3,(H,29,31). The highest BCUT2D eigenvalue weighted by Gasteiger charge is 2.30. The number of benzene rings is 2. The Morgan fingerprint density at radius 3 is 2.44 bits per heavy atom. The van der Waals surface area contributed by atoms with E-state index < -0.39 is 21.7 Å². The lowest BCUT2D eigenvalue weighted by molar-refractivity contribution is 0.0977. The Morgan fingerprint density at radius 2 is 1.83 bits per heavy atom. The van der Waals surface area contributed by atoms with Gasteiger partial charge in [0, 0.05) is 23.2 Å². The molecule has 1 amide bonds. The number of halogens is 3. The molecule has 0 bridgehead atoms. The first-order chi connectivity index (χ1) is 17.0. The Hall–Kier alpha value is -2.07. The van der Waals surface area contributed by atoms with Gasteiger partial charge < -0.3 is 9.47 Å². The molecule has 2 aromatic carbocycles. The van der Waals surface area contributed by atoms with Crippen molar-refractivity contribution in [1.29, 1.82) is 0 Å².